The van der Waals surface area contributed by atoms with Crippen molar-refractivity contribution in [2.75, 3.05) is 42.9 Å². The summed E-state index contributed by atoms with van der Waals surface area (Å²) in [5.74, 6) is 0.898. The van der Waals surface area contributed by atoms with Gasteiger partial charge in [-0.15, -0.1) is 0 Å². The Hall–Kier alpha value is -3.18. The first-order valence-corrected chi connectivity index (χ1v) is 11.0. The van der Waals surface area contributed by atoms with E-state index in [2.05, 4.69) is 35.0 Å². The average Bonchev–Trinajstić information content (AvgIpc) is 2.79. The summed E-state index contributed by atoms with van der Waals surface area (Å²) in [5.41, 5.74) is 5.12. The van der Waals surface area contributed by atoms with E-state index in [9.17, 15) is 4.79 Å². The van der Waals surface area contributed by atoms with Crippen LogP contribution in [0.15, 0.2) is 54.6 Å². The quantitative estimate of drug-likeness (QED) is 0.618. The van der Waals surface area contributed by atoms with Gasteiger partial charge in [-0.25, -0.2) is 4.98 Å². The smallest absolute Gasteiger partial charge is 0.248 e. The van der Waals surface area contributed by atoms with Crippen molar-refractivity contribution in [2.45, 2.75) is 20.8 Å². The standard InChI is InChI=1S/C26H30N4O/c1-4-29-13-15-30(16-14-29)25-17-20(3)23-18-22(10-11-24(23)28-25)27-26(31)12-9-21-7-5-19(2)6-8-21/h5-12,17-18H,4,13-16H2,1-3H3,(H,27,31)/b12-9-. The number of carbonyl (C=O) groups excluding carboxylic acids is 1. The van der Waals surface area contributed by atoms with E-state index < -0.39 is 0 Å². The highest BCUT2D eigenvalue weighted by Gasteiger charge is 2.17. The van der Waals surface area contributed by atoms with Crippen molar-refractivity contribution in [1.82, 2.24) is 9.88 Å². The summed E-state index contributed by atoms with van der Waals surface area (Å²) in [7, 11) is 0. The lowest BCUT2D eigenvalue weighted by Crippen LogP contribution is -2.46. The van der Waals surface area contributed by atoms with E-state index in [-0.39, 0.29) is 5.91 Å². The lowest BCUT2D eigenvalue weighted by atomic mass is 10.1. The lowest BCUT2D eigenvalue weighted by molar-refractivity contribution is -0.111. The Morgan fingerprint density at radius 1 is 1.03 bits per heavy atom. The summed E-state index contributed by atoms with van der Waals surface area (Å²) < 4.78 is 0. The zero-order valence-electron chi connectivity index (χ0n) is 18.6. The molecule has 1 saturated heterocycles. The molecule has 5 nitrogen and oxygen atoms in total. The largest absolute Gasteiger partial charge is 0.354 e. The molecular weight excluding hydrogens is 384 g/mol. The van der Waals surface area contributed by atoms with E-state index in [1.807, 2.05) is 55.5 Å². The van der Waals surface area contributed by atoms with Crippen LogP contribution in [0.1, 0.15) is 23.6 Å². The third kappa shape index (κ3) is 5.12. The number of nitrogens with zero attached hydrogens (tertiary/aromatic N) is 3. The second-order valence-electron chi connectivity index (χ2n) is 8.18. The average molecular weight is 415 g/mol. The number of carbonyl (C=O) groups is 1. The molecule has 160 valence electrons. The van der Waals surface area contributed by atoms with Gasteiger partial charge in [0.15, 0.2) is 0 Å². The Balaban J connectivity index is 1.47. The summed E-state index contributed by atoms with van der Waals surface area (Å²) >= 11 is 0. The SMILES string of the molecule is CCN1CCN(c2cc(C)c3cc(NC(=O)/C=C\c4ccc(C)cc4)ccc3n2)CC1. The molecule has 1 aliphatic rings. The number of benzene rings is 2. The number of nitrogens with one attached hydrogen (secondary N) is 1. The Bertz CT molecular complexity index is 1100. The van der Waals surface area contributed by atoms with E-state index in [1.54, 1.807) is 6.08 Å². The molecule has 0 spiro atoms. The number of likely N-dealkylation sites (N-methyl/N-ethyl adjacent to an activating group) is 1. The number of amides is 1. The van der Waals surface area contributed by atoms with Crippen molar-refractivity contribution in [3.05, 3.63) is 71.3 Å². The van der Waals surface area contributed by atoms with Crippen LogP contribution in [0.2, 0.25) is 0 Å². The van der Waals surface area contributed by atoms with E-state index in [0.717, 1.165) is 60.7 Å². The summed E-state index contributed by atoms with van der Waals surface area (Å²) in [6.45, 7) is 11.6. The molecule has 1 fully saturated rings. The fraction of sp³-hybridized carbons (Fsp3) is 0.308. The topological polar surface area (TPSA) is 48.5 Å². The molecule has 2 aromatic carbocycles. The third-order valence-electron chi connectivity index (χ3n) is 5.92. The Kier molecular flexibility index (Phi) is 6.33. The van der Waals surface area contributed by atoms with Gasteiger partial charge in [0.05, 0.1) is 5.52 Å². The van der Waals surface area contributed by atoms with Gasteiger partial charge in [0.25, 0.3) is 0 Å². The highest BCUT2D eigenvalue weighted by molar-refractivity contribution is 6.03. The van der Waals surface area contributed by atoms with Crippen molar-refractivity contribution < 1.29 is 4.79 Å². The summed E-state index contributed by atoms with van der Waals surface area (Å²) in [5, 5.41) is 4.03. The molecule has 1 aromatic heterocycles. The third-order valence-corrected chi connectivity index (χ3v) is 5.92. The van der Waals surface area contributed by atoms with Crippen molar-refractivity contribution in [3.63, 3.8) is 0 Å². The molecule has 5 heteroatoms. The van der Waals surface area contributed by atoms with Crippen molar-refractivity contribution >= 4 is 34.4 Å². The maximum atomic E-state index is 12.4. The predicted octanol–water partition coefficient (Wildman–Crippen LogP) is 4.65. The first-order valence-electron chi connectivity index (χ1n) is 11.0. The van der Waals surface area contributed by atoms with Gasteiger partial charge >= 0.3 is 0 Å². The number of hydrogen-bond acceptors (Lipinski definition) is 4. The Morgan fingerprint density at radius 3 is 2.48 bits per heavy atom. The molecule has 0 unspecified atom stereocenters. The maximum Gasteiger partial charge on any atom is 0.248 e. The molecule has 1 N–H and O–H groups in total. The highest BCUT2D eigenvalue weighted by atomic mass is 16.1. The van der Waals surface area contributed by atoms with Crippen LogP contribution in [-0.4, -0.2) is 48.5 Å². The van der Waals surface area contributed by atoms with E-state index >= 15 is 0 Å². The van der Waals surface area contributed by atoms with E-state index in [0.29, 0.717) is 0 Å². The van der Waals surface area contributed by atoms with Gasteiger partial charge in [0, 0.05) is 43.3 Å². The first kappa shape index (κ1) is 21.1. The number of aryl methyl sites for hydroxylation is 2. The van der Waals surface area contributed by atoms with Crippen LogP contribution >= 0.6 is 0 Å². The van der Waals surface area contributed by atoms with Gasteiger partial charge in [0.2, 0.25) is 5.91 Å². The number of pyridine rings is 1. The van der Waals surface area contributed by atoms with Gasteiger partial charge in [-0.3, -0.25) is 4.79 Å². The summed E-state index contributed by atoms with van der Waals surface area (Å²) in [6, 6.07) is 16.2. The zero-order valence-corrected chi connectivity index (χ0v) is 18.6. The first-order chi connectivity index (χ1) is 15.0. The van der Waals surface area contributed by atoms with Crippen LogP contribution in [0.25, 0.3) is 17.0 Å². The van der Waals surface area contributed by atoms with Crippen LogP contribution in [0.5, 0.6) is 0 Å². The second kappa shape index (κ2) is 9.31. The lowest BCUT2D eigenvalue weighted by Gasteiger charge is -2.35. The summed E-state index contributed by atoms with van der Waals surface area (Å²) in [6.07, 6.45) is 3.40. The van der Waals surface area contributed by atoms with Crippen LogP contribution in [0.3, 0.4) is 0 Å². The molecule has 0 aliphatic carbocycles. The van der Waals surface area contributed by atoms with Crippen LogP contribution in [0.4, 0.5) is 11.5 Å². The van der Waals surface area contributed by atoms with E-state index in [4.69, 9.17) is 4.98 Å². The number of aromatic nitrogens is 1. The van der Waals surface area contributed by atoms with Gasteiger partial charge in [-0.2, -0.15) is 0 Å². The normalized spacial score (nSPS) is 15.0. The Labute approximate surface area is 184 Å². The minimum atomic E-state index is -0.143. The number of piperazine rings is 1. The molecule has 3 aromatic rings. The molecule has 0 saturated carbocycles. The maximum absolute atomic E-state index is 12.4. The highest BCUT2D eigenvalue weighted by Crippen LogP contribution is 2.26. The molecule has 0 radical (unpaired) electrons. The minimum absolute atomic E-state index is 0.143. The molecule has 4 rings (SSSR count). The van der Waals surface area contributed by atoms with Crippen LogP contribution in [-0.2, 0) is 4.79 Å². The summed E-state index contributed by atoms with van der Waals surface area (Å²) in [4.78, 5) is 22.1. The Morgan fingerprint density at radius 2 is 1.77 bits per heavy atom. The molecule has 1 aliphatic heterocycles. The van der Waals surface area contributed by atoms with Crippen molar-refractivity contribution in [3.8, 4) is 0 Å². The van der Waals surface area contributed by atoms with Crippen LogP contribution < -0.4 is 10.2 Å². The minimum Gasteiger partial charge on any atom is -0.354 e. The molecule has 0 bridgehead atoms. The zero-order chi connectivity index (χ0) is 21.8. The number of anilines is 2. The fourth-order valence-corrected chi connectivity index (χ4v) is 3.94. The molecule has 0 atom stereocenters. The predicted molar refractivity (Wildman–Crippen MR) is 130 cm³/mol. The number of hydrogen-bond donors (Lipinski definition) is 1. The monoisotopic (exact) mass is 414 g/mol. The number of fused-ring (bicyclic) bond motifs is 1. The number of rotatable bonds is 5. The second-order valence-corrected chi connectivity index (χ2v) is 8.18. The molecule has 2 heterocycles. The van der Waals surface area contributed by atoms with Gasteiger partial charge in [0.1, 0.15) is 5.82 Å². The van der Waals surface area contributed by atoms with Gasteiger partial charge in [-0.1, -0.05) is 36.8 Å². The van der Waals surface area contributed by atoms with Gasteiger partial charge in [-0.05, 0) is 61.9 Å². The van der Waals surface area contributed by atoms with Crippen LogP contribution in [0, 0.1) is 13.8 Å². The molecular formula is C26H30N4O. The molecule has 1 amide bonds. The molecule has 31 heavy (non-hydrogen) atoms. The van der Waals surface area contributed by atoms with E-state index in [1.165, 1.54) is 11.1 Å². The van der Waals surface area contributed by atoms with Crippen molar-refractivity contribution in [1.29, 1.82) is 0 Å². The fourth-order valence-electron chi connectivity index (χ4n) is 3.94. The van der Waals surface area contributed by atoms with Crippen molar-refractivity contribution in [2.24, 2.45) is 0 Å². The van der Waals surface area contributed by atoms with Gasteiger partial charge < -0.3 is 15.1 Å².